The summed E-state index contributed by atoms with van der Waals surface area (Å²) in [6.45, 7) is 16.1. The molecule has 1 aliphatic heterocycles. The van der Waals surface area contributed by atoms with Gasteiger partial charge in [0.15, 0.2) is 0 Å². The van der Waals surface area contributed by atoms with Crippen LogP contribution in [0.1, 0.15) is 85.2 Å². The molecule has 1 heterocycles. The van der Waals surface area contributed by atoms with Gasteiger partial charge in [0.1, 0.15) is 5.60 Å². The molecule has 1 saturated heterocycles. The number of nitrogens with zero attached hydrogens (tertiary/aromatic N) is 1. The second-order valence-electron chi connectivity index (χ2n) is 10.8. The van der Waals surface area contributed by atoms with Crippen molar-refractivity contribution < 1.29 is 19.1 Å². The second-order valence-corrected chi connectivity index (χ2v) is 11.2. The molecule has 8 nitrogen and oxygen atoms in total. The molecule has 1 fully saturated rings. The Hall–Kier alpha value is -3.52. The SMILES string of the molecule is C=CCC.CNC(=O)c1ccc(C(=O)N2CCC[C@@H]2CCNC(=O)OC(C)(C)C)c(Cl)c1.Cc1ccc(N)c(C)c1. The molecule has 0 radical (unpaired) electrons. The standard InChI is InChI=1S/C20H28ClN3O4.C8H11N.C4H8/c1-20(2,3)28-19(27)23-10-9-14-6-5-11-24(14)18(26)15-8-7-13(12-16(15)21)17(25)22-4;1-6-3-4-8(9)7(2)5-6;1-3-4-2/h7-8,12,14H,5-6,9-11H2,1-4H3,(H,22,25)(H,23,27);3-5H,9H2,1-2H3;3H,1,4H2,2H3/t14-;;/m1../s1. The van der Waals surface area contributed by atoms with Crippen LogP contribution in [0.5, 0.6) is 0 Å². The van der Waals surface area contributed by atoms with Crippen molar-refractivity contribution in [2.45, 2.75) is 78.9 Å². The molecule has 9 heteroatoms. The number of alkyl carbamates (subject to hydrolysis) is 1. The smallest absolute Gasteiger partial charge is 0.407 e. The first-order valence-electron chi connectivity index (χ1n) is 14.0. The number of carbonyl (C=O) groups excluding carboxylic acids is 3. The van der Waals surface area contributed by atoms with E-state index < -0.39 is 11.7 Å². The highest BCUT2D eigenvalue weighted by atomic mass is 35.5. The lowest BCUT2D eigenvalue weighted by Gasteiger charge is -2.26. The molecular weight excluding hydrogens is 540 g/mol. The van der Waals surface area contributed by atoms with Crippen molar-refractivity contribution in [2.24, 2.45) is 0 Å². The molecule has 1 atom stereocenters. The van der Waals surface area contributed by atoms with Crippen LogP contribution in [-0.4, -0.2) is 54.6 Å². The zero-order chi connectivity index (χ0) is 31.2. The van der Waals surface area contributed by atoms with E-state index in [4.69, 9.17) is 22.1 Å². The highest BCUT2D eigenvalue weighted by molar-refractivity contribution is 6.34. The van der Waals surface area contributed by atoms with Gasteiger partial charge in [-0.2, -0.15) is 0 Å². The lowest BCUT2D eigenvalue weighted by molar-refractivity contribution is 0.0523. The van der Waals surface area contributed by atoms with Crippen LogP contribution in [-0.2, 0) is 4.74 Å². The molecule has 0 bridgehead atoms. The number of halogens is 1. The molecule has 2 aromatic carbocycles. The highest BCUT2D eigenvalue weighted by Crippen LogP contribution is 2.26. The van der Waals surface area contributed by atoms with Crippen LogP contribution in [0.3, 0.4) is 0 Å². The number of ether oxygens (including phenoxy) is 1. The van der Waals surface area contributed by atoms with Gasteiger partial charge in [-0.1, -0.05) is 42.3 Å². The summed E-state index contributed by atoms with van der Waals surface area (Å²) in [5.41, 5.74) is 9.13. The molecule has 3 rings (SSSR count). The third kappa shape index (κ3) is 12.7. The minimum absolute atomic E-state index is 0.0251. The van der Waals surface area contributed by atoms with Crippen LogP contribution in [0.25, 0.3) is 0 Å². The molecule has 226 valence electrons. The maximum absolute atomic E-state index is 12.9. The minimum Gasteiger partial charge on any atom is -0.444 e. The molecule has 1 aliphatic rings. The van der Waals surface area contributed by atoms with E-state index >= 15 is 0 Å². The van der Waals surface area contributed by atoms with E-state index in [1.165, 1.54) is 18.7 Å². The maximum Gasteiger partial charge on any atom is 0.407 e. The fourth-order valence-electron chi connectivity index (χ4n) is 4.01. The summed E-state index contributed by atoms with van der Waals surface area (Å²) in [5.74, 6) is -0.415. The summed E-state index contributed by atoms with van der Waals surface area (Å²) in [5, 5.41) is 5.51. The topological polar surface area (TPSA) is 114 Å². The van der Waals surface area contributed by atoms with Gasteiger partial charge >= 0.3 is 6.09 Å². The molecule has 3 amide bonds. The third-order valence-corrected chi connectivity index (χ3v) is 6.50. The monoisotopic (exact) mass is 586 g/mol. The van der Waals surface area contributed by atoms with E-state index in [2.05, 4.69) is 37.1 Å². The minimum atomic E-state index is -0.545. The number of nitrogens with two attached hydrogens (primary N) is 1. The molecule has 41 heavy (non-hydrogen) atoms. The second kappa shape index (κ2) is 17.3. The van der Waals surface area contributed by atoms with Gasteiger partial charge in [-0.3, -0.25) is 9.59 Å². The van der Waals surface area contributed by atoms with Gasteiger partial charge < -0.3 is 26.0 Å². The summed E-state index contributed by atoms with van der Waals surface area (Å²) >= 11 is 6.26. The number of nitrogen functional groups attached to an aromatic ring is 1. The summed E-state index contributed by atoms with van der Waals surface area (Å²) in [6, 6.07) is 10.7. The number of nitrogens with one attached hydrogen (secondary N) is 2. The van der Waals surface area contributed by atoms with Gasteiger partial charge in [0, 0.05) is 37.4 Å². The van der Waals surface area contributed by atoms with Crippen molar-refractivity contribution >= 4 is 35.2 Å². The summed E-state index contributed by atoms with van der Waals surface area (Å²) in [7, 11) is 1.54. The number of likely N-dealkylation sites (tertiary alicyclic amines) is 1. The number of hydrogen-bond donors (Lipinski definition) is 3. The van der Waals surface area contributed by atoms with E-state index in [-0.39, 0.29) is 22.9 Å². The molecule has 0 aromatic heterocycles. The summed E-state index contributed by atoms with van der Waals surface area (Å²) in [4.78, 5) is 38.2. The molecule has 4 N–H and O–H groups in total. The number of anilines is 1. The molecule has 0 unspecified atom stereocenters. The zero-order valence-electron chi connectivity index (χ0n) is 25.6. The van der Waals surface area contributed by atoms with E-state index in [1.807, 2.05) is 45.9 Å². The fraction of sp³-hybridized carbons (Fsp3) is 0.469. The summed E-state index contributed by atoms with van der Waals surface area (Å²) in [6.07, 6.45) is 4.90. The number of rotatable bonds is 6. The largest absolute Gasteiger partial charge is 0.444 e. The molecular formula is C32H47ClN4O4. The van der Waals surface area contributed by atoms with Crippen LogP contribution in [0.15, 0.2) is 49.1 Å². The number of hydrogen-bond acceptors (Lipinski definition) is 5. The van der Waals surface area contributed by atoms with E-state index in [0.717, 1.165) is 30.5 Å². The van der Waals surface area contributed by atoms with Gasteiger partial charge in [0.2, 0.25) is 0 Å². The first kappa shape index (κ1) is 35.5. The molecule has 2 aromatic rings. The van der Waals surface area contributed by atoms with Gasteiger partial charge in [-0.05, 0) is 90.1 Å². The van der Waals surface area contributed by atoms with Crippen molar-refractivity contribution in [2.75, 3.05) is 25.9 Å². The van der Waals surface area contributed by atoms with Gasteiger partial charge in [-0.25, -0.2) is 4.79 Å². The zero-order valence-corrected chi connectivity index (χ0v) is 26.4. The Morgan fingerprint density at radius 1 is 1.17 bits per heavy atom. The van der Waals surface area contributed by atoms with Crippen molar-refractivity contribution in [1.29, 1.82) is 0 Å². The average Bonchev–Trinajstić information content (AvgIpc) is 3.38. The molecule has 0 aliphatic carbocycles. The van der Waals surface area contributed by atoms with Gasteiger partial charge in [-0.15, -0.1) is 6.58 Å². The van der Waals surface area contributed by atoms with Crippen LogP contribution in [0.4, 0.5) is 10.5 Å². The average molecular weight is 587 g/mol. The van der Waals surface area contributed by atoms with E-state index in [1.54, 1.807) is 17.0 Å². The van der Waals surface area contributed by atoms with Crippen LogP contribution < -0.4 is 16.4 Å². The predicted molar refractivity (Wildman–Crippen MR) is 169 cm³/mol. The summed E-state index contributed by atoms with van der Waals surface area (Å²) < 4.78 is 5.22. The van der Waals surface area contributed by atoms with Crippen molar-refractivity contribution in [3.8, 4) is 0 Å². The lowest BCUT2D eigenvalue weighted by atomic mass is 10.1. The Labute approximate surface area is 250 Å². The number of allylic oxidation sites excluding steroid dienone is 1. The quantitative estimate of drug-likeness (QED) is 0.258. The number of amides is 3. The van der Waals surface area contributed by atoms with Crippen LogP contribution >= 0.6 is 11.6 Å². The van der Waals surface area contributed by atoms with Crippen molar-refractivity contribution in [3.05, 3.63) is 76.3 Å². The lowest BCUT2D eigenvalue weighted by Crippen LogP contribution is -2.39. The Kier molecular flexibility index (Phi) is 15.0. The number of aryl methyl sites for hydroxylation is 2. The predicted octanol–water partition coefficient (Wildman–Crippen LogP) is 6.69. The Morgan fingerprint density at radius 3 is 2.34 bits per heavy atom. The highest BCUT2D eigenvalue weighted by Gasteiger charge is 2.30. The fourth-order valence-corrected chi connectivity index (χ4v) is 4.27. The Bertz CT molecular complexity index is 1180. The molecule has 0 spiro atoms. The van der Waals surface area contributed by atoms with E-state index in [9.17, 15) is 14.4 Å². The van der Waals surface area contributed by atoms with Gasteiger partial charge in [0.25, 0.3) is 11.8 Å². The normalized spacial score (nSPS) is 14.0. The third-order valence-electron chi connectivity index (χ3n) is 6.19. The first-order chi connectivity index (χ1) is 19.2. The van der Waals surface area contributed by atoms with E-state index in [0.29, 0.717) is 30.6 Å². The Morgan fingerprint density at radius 2 is 1.83 bits per heavy atom. The number of carbonyl (C=O) groups is 3. The maximum atomic E-state index is 12.9. The number of benzene rings is 2. The van der Waals surface area contributed by atoms with Crippen molar-refractivity contribution in [3.63, 3.8) is 0 Å². The van der Waals surface area contributed by atoms with Gasteiger partial charge in [0.05, 0.1) is 10.6 Å². The van der Waals surface area contributed by atoms with Crippen molar-refractivity contribution in [1.82, 2.24) is 15.5 Å². The first-order valence-corrected chi connectivity index (χ1v) is 14.3. The van der Waals surface area contributed by atoms with Crippen LogP contribution in [0.2, 0.25) is 5.02 Å². The Balaban J connectivity index is 0.000000532. The van der Waals surface area contributed by atoms with Crippen LogP contribution in [0, 0.1) is 13.8 Å². The molecule has 0 saturated carbocycles.